The van der Waals surface area contributed by atoms with E-state index in [0.29, 0.717) is 11.3 Å². The van der Waals surface area contributed by atoms with Crippen molar-refractivity contribution in [3.8, 4) is 0 Å². The fraction of sp³-hybridized carbons (Fsp3) is 0.833. The predicted octanol–water partition coefficient (Wildman–Crippen LogP) is 2.62. The van der Waals surface area contributed by atoms with Gasteiger partial charge < -0.3 is 9.84 Å². The van der Waals surface area contributed by atoms with Crippen LogP contribution < -0.4 is 5.32 Å². The van der Waals surface area contributed by atoms with Gasteiger partial charge in [0.1, 0.15) is 0 Å². The van der Waals surface area contributed by atoms with Crippen molar-refractivity contribution in [2.24, 2.45) is 0 Å². The van der Waals surface area contributed by atoms with Gasteiger partial charge in [-0.3, -0.25) is 0 Å². The zero-order chi connectivity index (χ0) is 12.2. The number of hydrogen-bond acceptors (Lipinski definition) is 6. The fourth-order valence-electron chi connectivity index (χ4n) is 2.47. The van der Waals surface area contributed by atoms with E-state index >= 15 is 0 Å². The van der Waals surface area contributed by atoms with Crippen LogP contribution >= 0.6 is 23.5 Å². The molecule has 2 fully saturated rings. The maximum Gasteiger partial charge on any atom is 0.240 e. The van der Waals surface area contributed by atoms with Crippen LogP contribution in [0.2, 0.25) is 0 Å². The average molecular weight is 285 g/mol. The summed E-state index contributed by atoms with van der Waals surface area (Å²) in [6.07, 6.45) is 5.28. The van der Waals surface area contributed by atoms with Gasteiger partial charge in [-0.1, -0.05) is 18.0 Å². The molecule has 0 amide bonds. The molecule has 0 aromatic carbocycles. The fourth-order valence-corrected chi connectivity index (χ4v) is 5.06. The van der Waals surface area contributed by atoms with Gasteiger partial charge in [-0.2, -0.15) is 16.7 Å². The third kappa shape index (κ3) is 3.22. The van der Waals surface area contributed by atoms with Gasteiger partial charge in [0.25, 0.3) is 0 Å². The smallest absolute Gasteiger partial charge is 0.240 e. The molecular weight excluding hydrogens is 266 g/mol. The molecule has 1 saturated carbocycles. The van der Waals surface area contributed by atoms with Crippen molar-refractivity contribution in [1.82, 2.24) is 15.5 Å². The summed E-state index contributed by atoms with van der Waals surface area (Å²) in [6, 6.07) is 0.653. The molecule has 3 rings (SSSR count). The van der Waals surface area contributed by atoms with Crippen molar-refractivity contribution >= 4 is 23.5 Å². The first-order chi connectivity index (χ1) is 8.92. The second-order valence-corrected chi connectivity index (χ2v) is 7.30. The summed E-state index contributed by atoms with van der Waals surface area (Å²) in [5.41, 5.74) is 0. The first-order valence-corrected chi connectivity index (χ1v) is 8.87. The highest BCUT2D eigenvalue weighted by molar-refractivity contribution is 8.06. The number of thioether (sulfide) groups is 2. The molecule has 4 nitrogen and oxygen atoms in total. The van der Waals surface area contributed by atoms with E-state index in [0.717, 1.165) is 24.0 Å². The van der Waals surface area contributed by atoms with Crippen LogP contribution in [0.4, 0.5) is 0 Å². The van der Waals surface area contributed by atoms with Gasteiger partial charge in [0.05, 0.1) is 11.8 Å². The molecule has 6 heteroatoms. The minimum atomic E-state index is 0.424. The highest BCUT2D eigenvalue weighted by Gasteiger charge is 2.22. The minimum absolute atomic E-state index is 0.424. The average Bonchev–Trinajstić information content (AvgIpc) is 3.09. The van der Waals surface area contributed by atoms with Crippen LogP contribution in [0.5, 0.6) is 0 Å². The summed E-state index contributed by atoms with van der Waals surface area (Å²) in [7, 11) is 0. The Morgan fingerprint density at radius 3 is 2.94 bits per heavy atom. The van der Waals surface area contributed by atoms with Crippen LogP contribution in [0, 0.1) is 0 Å². The summed E-state index contributed by atoms with van der Waals surface area (Å²) in [4.78, 5) is 4.52. The molecule has 0 bridgehead atoms. The van der Waals surface area contributed by atoms with E-state index in [-0.39, 0.29) is 0 Å². The standard InChI is InChI=1S/C12H19N3OS2/c1-2-4-9(3-1)13-7-11-14-12(15-16-11)10-8-17-5-6-18-10/h9-10,13H,1-8H2. The Labute approximate surface area is 116 Å². The molecule has 0 radical (unpaired) electrons. The molecular formula is C12H19N3OS2. The monoisotopic (exact) mass is 285 g/mol. The topological polar surface area (TPSA) is 51.0 Å². The van der Waals surface area contributed by atoms with Crippen molar-refractivity contribution in [3.63, 3.8) is 0 Å². The van der Waals surface area contributed by atoms with Gasteiger partial charge in [-0.15, -0.1) is 11.8 Å². The van der Waals surface area contributed by atoms with Crippen LogP contribution in [0.15, 0.2) is 4.52 Å². The number of nitrogens with one attached hydrogen (secondary N) is 1. The molecule has 2 aliphatic rings. The normalized spacial score (nSPS) is 25.7. The predicted molar refractivity (Wildman–Crippen MR) is 75.9 cm³/mol. The van der Waals surface area contributed by atoms with Crippen molar-refractivity contribution in [1.29, 1.82) is 0 Å². The third-order valence-electron chi connectivity index (χ3n) is 3.48. The first-order valence-electron chi connectivity index (χ1n) is 6.67. The summed E-state index contributed by atoms with van der Waals surface area (Å²) >= 11 is 3.93. The van der Waals surface area contributed by atoms with Crippen LogP contribution in [-0.2, 0) is 6.54 Å². The molecule has 1 aromatic heterocycles. The molecule has 2 heterocycles. The largest absolute Gasteiger partial charge is 0.338 e. The second kappa shape index (κ2) is 6.30. The lowest BCUT2D eigenvalue weighted by molar-refractivity contribution is 0.353. The maximum atomic E-state index is 5.33. The lowest BCUT2D eigenvalue weighted by atomic mass is 10.2. The minimum Gasteiger partial charge on any atom is -0.338 e. The van der Waals surface area contributed by atoms with Gasteiger partial charge in [0.15, 0.2) is 5.82 Å². The van der Waals surface area contributed by atoms with Crippen molar-refractivity contribution in [2.45, 2.75) is 43.5 Å². The highest BCUT2D eigenvalue weighted by Crippen LogP contribution is 2.35. The highest BCUT2D eigenvalue weighted by atomic mass is 32.2. The summed E-state index contributed by atoms with van der Waals surface area (Å²) in [6.45, 7) is 0.724. The molecule has 1 atom stereocenters. The molecule has 1 saturated heterocycles. The lowest BCUT2D eigenvalue weighted by Crippen LogP contribution is -2.25. The zero-order valence-electron chi connectivity index (χ0n) is 10.4. The second-order valence-electron chi connectivity index (χ2n) is 4.84. The molecule has 100 valence electrons. The molecule has 1 aromatic rings. The van der Waals surface area contributed by atoms with Gasteiger partial charge in [0.2, 0.25) is 5.89 Å². The van der Waals surface area contributed by atoms with Crippen LogP contribution in [-0.4, -0.2) is 33.4 Å². The van der Waals surface area contributed by atoms with E-state index < -0.39 is 0 Å². The quantitative estimate of drug-likeness (QED) is 0.918. The Morgan fingerprint density at radius 1 is 1.28 bits per heavy atom. The lowest BCUT2D eigenvalue weighted by Gasteiger charge is -2.17. The SMILES string of the molecule is C1CCC(NCc2nc(C3CSCCS3)no2)C1. The summed E-state index contributed by atoms with van der Waals surface area (Å²) < 4.78 is 5.33. The summed E-state index contributed by atoms with van der Waals surface area (Å²) in [5, 5.41) is 8.05. The van der Waals surface area contributed by atoms with E-state index in [1.807, 2.05) is 23.5 Å². The van der Waals surface area contributed by atoms with E-state index in [4.69, 9.17) is 4.52 Å². The van der Waals surface area contributed by atoms with Gasteiger partial charge in [-0.05, 0) is 12.8 Å². The van der Waals surface area contributed by atoms with E-state index in [2.05, 4.69) is 15.5 Å². The third-order valence-corrected chi connectivity index (χ3v) is 6.24. The van der Waals surface area contributed by atoms with Gasteiger partial charge >= 0.3 is 0 Å². The number of aromatic nitrogens is 2. The Balaban J connectivity index is 1.52. The molecule has 1 N–H and O–H groups in total. The van der Waals surface area contributed by atoms with Crippen LogP contribution in [0.1, 0.15) is 42.6 Å². The Bertz CT molecular complexity index is 373. The van der Waals surface area contributed by atoms with E-state index in [9.17, 15) is 0 Å². The molecule has 0 spiro atoms. The Hall–Kier alpha value is -0.200. The van der Waals surface area contributed by atoms with E-state index in [1.54, 1.807) is 0 Å². The molecule has 1 aliphatic carbocycles. The van der Waals surface area contributed by atoms with Crippen LogP contribution in [0.25, 0.3) is 0 Å². The molecule has 18 heavy (non-hydrogen) atoms. The van der Waals surface area contributed by atoms with Gasteiger partial charge in [0, 0.05) is 23.3 Å². The van der Waals surface area contributed by atoms with Crippen molar-refractivity contribution in [2.75, 3.05) is 17.3 Å². The van der Waals surface area contributed by atoms with Crippen molar-refractivity contribution < 1.29 is 4.52 Å². The Kier molecular flexibility index (Phi) is 4.49. The number of rotatable bonds is 4. The Morgan fingerprint density at radius 2 is 2.17 bits per heavy atom. The van der Waals surface area contributed by atoms with E-state index in [1.165, 1.54) is 37.2 Å². The van der Waals surface area contributed by atoms with Crippen LogP contribution in [0.3, 0.4) is 0 Å². The molecule has 1 unspecified atom stereocenters. The zero-order valence-corrected chi connectivity index (χ0v) is 12.1. The first kappa shape index (κ1) is 12.8. The summed E-state index contributed by atoms with van der Waals surface area (Å²) in [5.74, 6) is 5.18. The maximum absolute atomic E-state index is 5.33. The number of nitrogens with zero attached hydrogens (tertiary/aromatic N) is 2. The van der Waals surface area contributed by atoms with Crippen molar-refractivity contribution in [3.05, 3.63) is 11.7 Å². The van der Waals surface area contributed by atoms with Gasteiger partial charge in [-0.25, -0.2) is 0 Å². The number of hydrogen-bond donors (Lipinski definition) is 1. The molecule has 1 aliphatic heterocycles.